The molecule has 0 unspecified atom stereocenters. The lowest BCUT2D eigenvalue weighted by Crippen LogP contribution is -2.12. The molecule has 0 aliphatic carbocycles. The summed E-state index contributed by atoms with van der Waals surface area (Å²) in [5.41, 5.74) is 4.51. The normalized spacial score (nSPS) is 12.8. The molecular formula is C19H18N4O. The minimum absolute atomic E-state index is 0.572. The number of rotatable bonds is 6. The van der Waals surface area contributed by atoms with Crippen molar-refractivity contribution in [2.75, 3.05) is 0 Å². The Balaban J connectivity index is 2.61. The quantitative estimate of drug-likeness (QED) is 0.630. The molecule has 1 aromatic carbocycles. The second-order valence-electron chi connectivity index (χ2n) is 5.03. The van der Waals surface area contributed by atoms with Crippen molar-refractivity contribution in [1.82, 2.24) is 15.3 Å². The monoisotopic (exact) mass is 318 g/mol. The van der Waals surface area contributed by atoms with Gasteiger partial charge in [-0.1, -0.05) is 30.9 Å². The maximum atomic E-state index is 10.9. The summed E-state index contributed by atoms with van der Waals surface area (Å²) < 4.78 is 0. The van der Waals surface area contributed by atoms with E-state index in [-0.39, 0.29) is 0 Å². The zero-order chi connectivity index (χ0) is 17.5. The Morgan fingerprint density at radius 1 is 1.46 bits per heavy atom. The molecule has 2 aromatic rings. The number of amides is 1. The minimum Gasteiger partial charge on any atom is -0.338 e. The van der Waals surface area contributed by atoms with E-state index in [4.69, 9.17) is 5.26 Å². The molecule has 5 nitrogen and oxygen atoms in total. The lowest BCUT2D eigenvalue weighted by Gasteiger charge is -2.10. The standard InChI is InChI=1S/C19H18N4O/c1-4-6-7-15(16(5-2)21-12-24)13(3)19-22-17-9-8-14(11-20)10-18(17)23-19/h4-10,12H,1H2,2-3H3,(H,21,24)(H,22,23)/b7-6-,15-13+,16-5+. The van der Waals surface area contributed by atoms with Gasteiger partial charge in [-0.3, -0.25) is 4.79 Å². The van der Waals surface area contributed by atoms with E-state index >= 15 is 0 Å². The molecule has 1 aromatic heterocycles. The van der Waals surface area contributed by atoms with Crippen molar-refractivity contribution in [2.45, 2.75) is 13.8 Å². The van der Waals surface area contributed by atoms with Gasteiger partial charge in [-0.25, -0.2) is 4.98 Å². The molecule has 0 saturated carbocycles. The van der Waals surface area contributed by atoms with E-state index in [1.165, 1.54) is 0 Å². The molecule has 0 bridgehead atoms. The fraction of sp³-hybridized carbons (Fsp3) is 0.105. The van der Waals surface area contributed by atoms with Crippen LogP contribution >= 0.6 is 0 Å². The van der Waals surface area contributed by atoms with Crippen molar-refractivity contribution < 1.29 is 4.79 Å². The molecule has 0 aliphatic rings. The highest BCUT2D eigenvalue weighted by Gasteiger charge is 2.11. The van der Waals surface area contributed by atoms with Crippen LogP contribution < -0.4 is 5.32 Å². The van der Waals surface area contributed by atoms with Crippen LogP contribution in [0.5, 0.6) is 0 Å². The highest BCUT2D eigenvalue weighted by atomic mass is 16.1. The van der Waals surface area contributed by atoms with Gasteiger partial charge in [0.05, 0.1) is 22.7 Å². The zero-order valence-corrected chi connectivity index (χ0v) is 13.6. The summed E-state index contributed by atoms with van der Waals surface area (Å²) in [7, 11) is 0. The van der Waals surface area contributed by atoms with Gasteiger partial charge in [0.1, 0.15) is 5.82 Å². The van der Waals surface area contributed by atoms with Crippen LogP contribution in [0.2, 0.25) is 0 Å². The van der Waals surface area contributed by atoms with Crippen molar-refractivity contribution >= 4 is 23.0 Å². The molecule has 1 heterocycles. The third-order valence-corrected chi connectivity index (χ3v) is 3.56. The number of carbonyl (C=O) groups is 1. The molecule has 0 saturated heterocycles. The Morgan fingerprint density at radius 3 is 2.88 bits per heavy atom. The van der Waals surface area contributed by atoms with E-state index in [0.29, 0.717) is 23.5 Å². The average Bonchev–Trinajstić information content (AvgIpc) is 3.03. The Morgan fingerprint density at radius 2 is 2.25 bits per heavy atom. The number of aromatic nitrogens is 2. The molecule has 0 aliphatic heterocycles. The first-order chi connectivity index (χ1) is 11.6. The first kappa shape index (κ1) is 17.0. The van der Waals surface area contributed by atoms with Gasteiger partial charge in [-0.2, -0.15) is 5.26 Å². The number of carbonyl (C=O) groups excluding carboxylic acids is 1. The summed E-state index contributed by atoms with van der Waals surface area (Å²) in [5.74, 6) is 0.677. The summed E-state index contributed by atoms with van der Waals surface area (Å²) in [4.78, 5) is 18.6. The first-order valence-electron chi connectivity index (χ1n) is 7.41. The molecule has 24 heavy (non-hydrogen) atoms. The fourth-order valence-electron chi connectivity index (χ4n) is 2.35. The van der Waals surface area contributed by atoms with E-state index in [0.717, 1.165) is 22.2 Å². The van der Waals surface area contributed by atoms with Crippen LogP contribution in [-0.2, 0) is 4.79 Å². The highest BCUT2D eigenvalue weighted by molar-refractivity contribution is 5.82. The zero-order valence-electron chi connectivity index (χ0n) is 13.6. The number of nitrogens with zero attached hydrogens (tertiary/aromatic N) is 2. The number of aromatic amines is 1. The second-order valence-corrected chi connectivity index (χ2v) is 5.03. The summed E-state index contributed by atoms with van der Waals surface area (Å²) >= 11 is 0. The maximum absolute atomic E-state index is 10.9. The van der Waals surface area contributed by atoms with Gasteiger partial charge < -0.3 is 10.3 Å². The Kier molecular flexibility index (Phi) is 5.48. The second kappa shape index (κ2) is 7.75. The average molecular weight is 318 g/mol. The van der Waals surface area contributed by atoms with E-state index in [1.807, 2.05) is 26.0 Å². The van der Waals surface area contributed by atoms with Gasteiger partial charge in [0.25, 0.3) is 0 Å². The molecule has 0 spiro atoms. The maximum Gasteiger partial charge on any atom is 0.211 e. The number of H-pyrrole nitrogens is 1. The number of allylic oxidation sites excluding steroid dienone is 5. The predicted octanol–water partition coefficient (Wildman–Crippen LogP) is 3.60. The Bertz CT molecular complexity index is 907. The molecule has 0 radical (unpaired) electrons. The van der Waals surface area contributed by atoms with Crippen LogP contribution in [0.25, 0.3) is 16.6 Å². The summed E-state index contributed by atoms with van der Waals surface area (Å²) in [6.45, 7) is 7.44. The fourth-order valence-corrected chi connectivity index (χ4v) is 2.35. The lowest BCUT2D eigenvalue weighted by atomic mass is 10.0. The van der Waals surface area contributed by atoms with E-state index in [9.17, 15) is 4.79 Å². The van der Waals surface area contributed by atoms with Crippen LogP contribution in [0.1, 0.15) is 25.2 Å². The van der Waals surface area contributed by atoms with Crippen molar-refractivity contribution in [3.05, 3.63) is 71.7 Å². The van der Waals surface area contributed by atoms with Gasteiger partial charge in [0.2, 0.25) is 6.41 Å². The van der Waals surface area contributed by atoms with Gasteiger partial charge in [0.15, 0.2) is 0 Å². The Hall–Kier alpha value is -3.39. The van der Waals surface area contributed by atoms with E-state index in [1.54, 1.807) is 30.4 Å². The number of nitriles is 1. The Labute approximate surface area is 140 Å². The summed E-state index contributed by atoms with van der Waals surface area (Å²) in [6, 6.07) is 7.41. The van der Waals surface area contributed by atoms with Crippen LogP contribution in [0, 0.1) is 11.3 Å². The van der Waals surface area contributed by atoms with Gasteiger partial charge in [-0.15, -0.1) is 0 Å². The lowest BCUT2D eigenvalue weighted by molar-refractivity contribution is -0.108. The van der Waals surface area contributed by atoms with Gasteiger partial charge >= 0.3 is 0 Å². The minimum atomic E-state index is 0.572. The number of fused-ring (bicyclic) bond motifs is 1. The highest BCUT2D eigenvalue weighted by Crippen LogP contribution is 2.24. The number of nitrogens with one attached hydrogen (secondary N) is 2. The van der Waals surface area contributed by atoms with Crippen LogP contribution in [0.3, 0.4) is 0 Å². The van der Waals surface area contributed by atoms with Crippen LogP contribution in [0.4, 0.5) is 0 Å². The van der Waals surface area contributed by atoms with E-state index in [2.05, 4.69) is 27.9 Å². The molecule has 0 fully saturated rings. The number of benzene rings is 1. The number of hydrogen-bond acceptors (Lipinski definition) is 3. The van der Waals surface area contributed by atoms with Crippen LogP contribution in [-0.4, -0.2) is 16.4 Å². The molecule has 2 rings (SSSR count). The molecular weight excluding hydrogens is 300 g/mol. The molecule has 0 atom stereocenters. The third kappa shape index (κ3) is 3.50. The largest absolute Gasteiger partial charge is 0.338 e. The molecule has 120 valence electrons. The van der Waals surface area contributed by atoms with Crippen molar-refractivity contribution in [3.63, 3.8) is 0 Å². The van der Waals surface area contributed by atoms with Crippen molar-refractivity contribution in [2.24, 2.45) is 0 Å². The summed E-state index contributed by atoms with van der Waals surface area (Å²) in [5, 5.41) is 11.7. The topological polar surface area (TPSA) is 81.6 Å². The van der Waals surface area contributed by atoms with Gasteiger partial charge in [-0.05, 0) is 32.0 Å². The number of hydrogen-bond donors (Lipinski definition) is 2. The van der Waals surface area contributed by atoms with Gasteiger partial charge in [0, 0.05) is 16.8 Å². The third-order valence-electron chi connectivity index (χ3n) is 3.56. The van der Waals surface area contributed by atoms with Crippen molar-refractivity contribution in [3.8, 4) is 6.07 Å². The predicted molar refractivity (Wildman–Crippen MR) is 95.7 cm³/mol. The van der Waals surface area contributed by atoms with E-state index < -0.39 is 0 Å². The van der Waals surface area contributed by atoms with Crippen molar-refractivity contribution in [1.29, 1.82) is 5.26 Å². The first-order valence-corrected chi connectivity index (χ1v) is 7.41. The van der Waals surface area contributed by atoms with Crippen LogP contribution in [0.15, 0.2) is 60.4 Å². The molecule has 5 heteroatoms. The summed E-state index contributed by atoms with van der Waals surface area (Å²) in [6.07, 6.45) is 7.78. The molecule has 2 N–H and O–H groups in total. The smallest absolute Gasteiger partial charge is 0.211 e. The SMILES string of the molecule is C=C\C=C/C(C(=C\C)/NC=O)=C(/C)c1nc2ccc(C#N)cc2[nH]1. The molecule has 1 amide bonds. The number of imidazole rings is 1.